The van der Waals surface area contributed by atoms with Crippen LogP contribution in [0.1, 0.15) is 67.2 Å². The van der Waals surface area contributed by atoms with Crippen LogP contribution >= 0.6 is 0 Å². The Morgan fingerprint density at radius 1 is 1.11 bits per heavy atom. The molecule has 1 N–H and O–H groups in total. The summed E-state index contributed by atoms with van der Waals surface area (Å²) in [5.74, 6) is 0.744. The van der Waals surface area contributed by atoms with E-state index in [0.29, 0.717) is 12.6 Å². The molecule has 3 heteroatoms. The molecule has 112 valence electrons. The Bertz CT molecular complexity index is 296. The molecule has 0 radical (unpaired) electrons. The van der Waals surface area contributed by atoms with Gasteiger partial charge in [-0.2, -0.15) is 0 Å². The van der Waals surface area contributed by atoms with Gasteiger partial charge in [-0.05, 0) is 66.2 Å². The van der Waals surface area contributed by atoms with E-state index >= 15 is 0 Å². The first kappa shape index (κ1) is 16.5. The molecule has 0 amide bonds. The van der Waals surface area contributed by atoms with Crippen molar-refractivity contribution in [1.82, 2.24) is 5.32 Å². The lowest BCUT2D eigenvalue weighted by Gasteiger charge is -2.32. The maximum Gasteiger partial charge on any atom is 0.313 e. The van der Waals surface area contributed by atoms with Gasteiger partial charge >= 0.3 is 5.97 Å². The van der Waals surface area contributed by atoms with Crippen molar-refractivity contribution in [3.63, 3.8) is 0 Å². The quantitative estimate of drug-likeness (QED) is 0.794. The van der Waals surface area contributed by atoms with Crippen molar-refractivity contribution in [3.8, 4) is 0 Å². The predicted molar refractivity (Wildman–Crippen MR) is 79.0 cm³/mol. The molecule has 1 aliphatic rings. The molecule has 0 aliphatic heterocycles. The fourth-order valence-corrected chi connectivity index (χ4v) is 2.35. The zero-order valence-electron chi connectivity index (χ0n) is 13.5. The summed E-state index contributed by atoms with van der Waals surface area (Å²) in [6, 6.07) is 0.568. The summed E-state index contributed by atoms with van der Waals surface area (Å²) < 4.78 is 5.48. The van der Waals surface area contributed by atoms with E-state index in [-0.39, 0.29) is 5.97 Å². The minimum atomic E-state index is -0.462. The van der Waals surface area contributed by atoms with Gasteiger partial charge in [-0.3, -0.25) is 4.79 Å². The van der Waals surface area contributed by atoms with Crippen LogP contribution in [-0.2, 0) is 9.53 Å². The van der Waals surface area contributed by atoms with E-state index in [9.17, 15) is 4.79 Å². The van der Waals surface area contributed by atoms with Crippen molar-refractivity contribution in [3.05, 3.63) is 0 Å². The van der Waals surface area contributed by atoms with Crippen LogP contribution in [0.4, 0.5) is 0 Å². The molecule has 0 aromatic rings. The van der Waals surface area contributed by atoms with Gasteiger partial charge in [0.2, 0.25) is 0 Å². The van der Waals surface area contributed by atoms with E-state index in [1.54, 1.807) is 0 Å². The number of esters is 1. The molecule has 0 atom stereocenters. The molecule has 0 aromatic carbocycles. The molecule has 19 heavy (non-hydrogen) atoms. The first-order chi connectivity index (χ1) is 8.60. The topological polar surface area (TPSA) is 38.3 Å². The first-order valence-electron chi connectivity index (χ1n) is 7.57. The van der Waals surface area contributed by atoms with Gasteiger partial charge in [-0.15, -0.1) is 0 Å². The zero-order valence-corrected chi connectivity index (χ0v) is 13.5. The van der Waals surface area contributed by atoms with Gasteiger partial charge in [0.05, 0.1) is 5.41 Å². The molecule has 1 aliphatic carbocycles. The highest BCUT2D eigenvalue weighted by atomic mass is 16.6. The van der Waals surface area contributed by atoms with Crippen LogP contribution in [0.25, 0.3) is 0 Å². The van der Waals surface area contributed by atoms with Gasteiger partial charge in [0.15, 0.2) is 0 Å². The monoisotopic (exact) mass is 269 g/mol. The van der Waals surface area contributed by atoms with Crippen LogP contribution < -0.4 is 5.32 Å². The number of ether oxygens (including phenoxy) is 1. The van der Waals surface area contributed by atoms with E-state index in [1.807, 2.05) is 34.6 Å². The van der Waals surface area contributed by atoms with Crippen LogP contribution in [-0.4, -0.2) is 24.2 Å². The van der Waals surface area contributed by atoms with Gasteiger partial charge in [0, 0.05) is 12.6 Å². The molecular weight excluding hydrogens is 238 g/mol. The summed E-state index contributed by atoms with van der Waals surface area (Å²) in [6.45, 7) is 12.7. The summed E-state index contributed by atoms with van der Waals surface area (Å²) in [6.07, 6.45) is 5.05. The summed E-state index contributed by atoms with van der Waals surface area (Å²) >= 11 is 0. The predicted octanol–water partition coefficient (Wildman–Crippen LogP) is 3.52. The Labute approximate surface area is 118 Å². The second-order valence-corrected chi connectivity index (χ2v) is 7.72. The number of hydrogen-bond acceptors (Lipinski definition) is 3. The number of carbonyl (C=O) groups excluding carboxylic acids is 1. The van der Waals surface area contributed by atoms with Crippen molar-refractivity contribution in [2.45, 2.75) is 78.9 Å². The van der Waals surface area contributed by atoms with Crippen molar-refractivity contribution in [2.24, 2.45) is 11.3 Å². The number of hydrogen-bond donors (Lipinski definition) is 1. The van der Waals surface area contributed by atoms with Crippen LogP contribution in [0.3, 0.4) is 0 Å². The molecule has 0 aromatic heterocycles. The lowest BCUT2D eigenvalue weighted by molar-refractivity contribution is -0.165. The molecule has 3 nitrogen and oxygen atoms in total. The fourth-order valence-electron chi connectivity index (χ4n) is 2.35. The smallest absolute Gasteiger partial charge is 0.313 e. The highest BCUT2D eigenvalue weighted by Crippen LogP contribution is 2.25. The molecule has 0 bridgehead atoms. The van der Waals surface area contributed by atoms with Crippen molar-refractivity contribution in [1.29, 1.82) is 0 Å². The molecule has 0 spiro atoms. The van der Waals surface area contributed by atoms with E-state index in [1.165, 1.54) is 25.7 Å². The van der Waals surface area contributed by atoms with Crippen molar-refractivity contribution in [2.75, 3.05) is 6.54 Å². The van der Waals surface area contributed by atoms with E-state index in [4.69, 9.17) is 4.74 Å². The van der Waals surface area contributed by atoms with Crippen molar-refractivity contribution < 1.29 is 9.53 Å². The number of carbonyl (C=O) groups is 1. The van der Waals surface area contributed by atoms with Gasteiger partial charge in [0.25, 0.3) is 0 Å². The summed E-state index contributed by atoms with van der Waals surface area (Å²) in [5.41, 5.74) is -0.870. The van der Waals surface area contributed by atoms with E-state index < -0.39 is 11.0 Å². The van der Waals surface area contributed by atoms with E-state index in [2.05, 4.69) is 12.2 Å². The average Bonchev–Trinajstić information content (AvgIpc) is 2.26. The molecular formula is C16H31NO2. The molecule has 0 heterocycles. The SMILES string of the molecule is CC1CCC(NCC(C)(C)C(=O)OC(C)(C)C)CC1. The molecule has 0 unspecified atom stereocenters. The molecule has 0 saturated heterocycles. The highest BCUT2D eigenvalue weighted by molar-refractivity contribution is 5.76. The van der Waals surface area contributed by atoms with Crippen LogP contribution in [0.5, 0.6) is 0 Å². The van der Waals surface area contributed by atoms with Gasteiger partial charge in [0.1, 0.15) is 5.60 Å². The summed E-state index contributed by atoms with van der Waals surface area (Å²) in [7, 11) is 0. The highest BCUT2D eigenvalue weighted by Gasteiger charge is 2.33. The maximum atomic E-state index is 12.1. The van der Waals surface area contributed by atoms with Gasteiger partial charge in [-0.1, -0.05) is 6.92 Å². The van der Waals surface area contributed by atoms with Crippen molar-refractivity contribution >= 4 is 5.97 Å². The average molecular weight is 269 g/mol. The first-order valence-corrected chi connectivity index (χ1v) is 7.57. The Kier molecular flexibility index (Phi) is 5.43. The fraction of sp³-hybridized carbons (Fsp3) is 0.938. The zero-order chi connectivity index (χ0) is 14.7. The van der Waals surface area contributed by atoms with Gasteiger partial charge < -0.3 is 10.1 Å². The largest absolute Gasteiger partial charge is 0.460 e. The standard InChI is InChI=1S/C16H31NO2/c1-12-7-9-13(10-8-12)17-11-16(5,6)14(18)19-15(2,3)4/h12-13,17H,7-11H2,1-6H3. The number of rotatable bonds is 4. The second-order valence-electron chi connectivity index (χ2n) is 7.72. The third-order valence-corrected chi connectivity index (χ3v) is 3.80. The lowest BCUT2D eigenvalue weighted by atomic mass is 9.86. The Balaban J connectivity index is 2.39. The van der Waals surface area contributed by atoms with Crippen LogP contribution in [0.15, 0.2) is 0 Å². The Morgan fingerprint density at radius 2 is 1.63 bits per heavy atom. The Morgan fingerprint density at radius 3 is 2.11 bits per heavy atom. The maximum absolute atomic E-state index is 12.1. The molecule has 1 saturated carbocycles. The minimum Gasteiger partial charge on any atom is -0.460 e. The number of nitrogens with one attached hydrogen (secondary N) is 1. The van der Waals surface area contributed by atoms with Crippen LogP contribution in [0, 0.1) is 11.3 Å². The van der Waals surface area contributed by atoms with Crippen LogP contribution in [0.2, 0.25) is 0 Å². The summed E-state index contributed by atoms with van der Waals surface area (Å²) in [4.78, 5) is 12.1. The lowest BCUT2D eigenvalue weighted by Crippen LogP contribution is -2.44. The Hall–Kier alpha value is -0.570. The normalized spacial score (nSPS) is 25.2. The molecule has 1 fully saturated rings. The minimum absolute atomic E-state index is 0.114. The third-order valence-electron chi connectivity index (χ3n) is 3.80. The second kappa shape index (κ2) is 6.25. The van der Waals surface area contributed by atoms with E-state index in [0.717, 1.165) is 5.92 Å². The summed E-state index contributed by atoms with van der Waals surface area (Å²) in [5, 5.41) is 3.55. The van der Waals surface area contributed by atoms with Gasteiger partial charge in [-0.25, -0.2) is 0 Å². The third kappa shape index (κ3) is 5.94. The molecule has 1 rings (SSSR count).